The van der Waals surface area contributed by atoms with E-state index in [1.807, 2.05) is 25.1 Å². The van der Waals surface area contributed by atoms with Crippen molar-refractivity contribution in [2.75, 3.05) is 32.6 Å². The zero-order valence-corrected chi connectivity index (χ0v) is 20.8. The Kier molecular flexibility index (Phi) is 7.00. The summed E-state index contributed by atoms with van der Waals surface area (Å²) in [5.74, 6) is 0.210. The molecule has 1 amide bonds. The Morgan fingerprint density at radius 2 is 2.03 bits per heavy atom. The fourth-order valence-electron chi connectivity index (χ4n) is 4.16. The monoisotopic (exact) mass is 497 g/mol. The minimum Gasteiger partial charge on any atom is -0.508 e. The van der Waals surface area contributed by atoms with E-state index in [9.17, 15) is 9.90 Å². The van der Waals surface area contributed by atoms with Gasteiger partial charge in [0, 0.05) is 29.9 Å². The first-order chi connectivity index (χ1) is 16.7. The third-order valence-electron chi connectivity index (χ3n) is 6.01. The van der Waals surface area contributed by atoms with Crippen LogP contribution in [0.2, 0.25) is 5.02 Å². The molecule has 0 bridgehead atoms. The van der Waals surface area contributed by atoms with Gasteiger partial charge in [-0.05, 0) is 63.2 Å². The fourth-order valence-corrected chi connectivity index (χ4v) is 4.46. The Balaban J connectivity index is 1.71. The van der Waals surface area contributed by atoms with E-state index in [4.69, 9.17) is 26.8 Å². The first-order valence-electron chi connectivity index (χ1n) is 11.1. The smallest absolute Gasteiger partial charge is 0.256 e. The zero-order valence-electron chi connectivity index (χ0n) is 20.1. The molecule has 4 N–H and O–H groups in total. The summed E-state index contributed by atoms with van der Waals surface area (Å²) in [5, 5.41) is 13.7. The molecule has 1 aromatic heterocycles. The normalized spacial score (nSPS) is 15.7. The average molecular weight is 498 g/mol. The quantitative estimate of drug-likeness (QED) is 0.446. The number of aromatic hydroxyl groups is 1. The molecule has 0 aliphatic carbocycles. The maximum absolute atomic E-state index is 12.3. The number of carbonyl (C=O) groups is 1. The number of aromatic nitrogens is 2. The molecule has 9 nitrogen and oxygen atoms in total. The molecule has 0 saturated carbocycles. The molecule has 1 atom stereocenters. The van der Waals surface area contributed by atoms with Gasteiger partial charge in [-0.25, -0.2) is 4.98 Å². The number of anilines is 2. The molecular formula is C25H28ClN5O4. The summed E-state index contributed by atoms with van der Waals surface area (Å²) < 4.78 is 11.5. The second kappa shape index (κ2) is 9.97. The molecule has 0 spiro atoms. The highest BCUT2D eigenvalue weighted by Gasteiger charge is 2.25. The minimum atomic E-state index is -0.780. The van der Waals surface area contributed by atoms with E-state index >= 15 is 0 Å². The summed E-state index contributed by atoms with van der Waals surface area (Å²) in [5.41, 5.74) is 8.25. The van der Waals surface area contributed by atoms with Crippen molar-refractivity contribution in [3.63, 3.8) is 0 Å². The summed E-state index contributed by atoms with van der Waals surface area (Å²) in [6, 6.07) is 8.69. The van der Waals surface area contributed by atoms with Crippen LogP contribution in [0, 0.1) is 13.8 Å². The number of nitrogens with two attached hydrogens (primary N) is 1. The summed E-state index contributed by atoms with van der Waals surface area (Å²) in [4.78, 5) is 23.4. The SMILES string of the molecule is COc1nc(Nc2ccc(OC3CCN(C)C3)c(C)c2)nc(-c2c(Cl)ccc(O)c2C)c1C(N)=O. The van der Waals surface area contributed by atoms with Gasteiger partial charge < -0.3 is 30.5 Å². The van der Waals surface area contributed by atoms with Gasteiger partial charge >= 0.3 is 0 Å². The summed E-state index contributed by atoms with van der Waals surface area (Å²) >= 11 is 6.44. The number of methoxy groups -OCH3 is 1. The summed E-state index contributed by atoms with van der Waals surface area (Å²) in [6.45, 7) is 5.57. The molecule has 4 rings (SSSR count). The van der Waals surface area contributed by atoms with E-state index in [2.05, 4.69) is 27.2 Å². The van der Waals surface area contributed by atoms with Crippen LogP contribution in [0.4, 0.5) is 11.6 Å². The number of rotatable bonds is 7. The summed E-state index contributed by atoms with van der Waals surface area (Å²) in [6.07, 6.45) is 1.17. The van der Waals surface area contributed by atoms with Crippen LogP contribution in [-0.4, -0.2) is 59.2 Å². The first kappa shape index (κ1) is 24.6. The number of phenolic OH excluding ortho intramolecular Hbond substituents is 1. The Morgan fingerprint density at radius 1 is 1.26 bits per heavy atom. The van der Waals surface area contributed by atoms with E-state index in [-0.39, 0.29) is 34.9 Å². The van der Waals surface area contributed by atoms with Crippen LogP contribution in [0.25, 0.3) is 11.3 Å². The van der Waals surface area contributed by atoms with Crippen LogP contribution >= 0.6 is 11.6 Å². The lowest BCUT2D eigenvalue weighted by atomic mass is 10.0. The van der Waals surface area contributed by atoms with Crippen LogP contribution in [0.5, 0.6) is 17.4 Å². The third kappa shape index (κ3) is 5.11. The fraction of sp³-hybridized carbons (Fsp3) is 0.320. The van der Waals surface area contributed by atoms with Crippen molar-refractivity contribution < 1.29 is 19.4 Å². The molecule has 3 aromatic rings. The van der Waals surface area contributed by atoms with E-state index in [0.29, 0.717) is 16.1 Å². The molecule has 2 heterocycles. The Morgan fingerprint density at radius 3 is 2.66 bits per heavy atom. The predicted octanol–water partition coefficient (Wildman–Crippen LogP) is 4.05. The maximum atomic E-state index is 12.3. The number of carbonyl (C=O) groups excluding carboxylic acids is 1. The van der Waals surface area contributed by atoms with Gasteiger partial charge in [0.05, 0.1) is 17.8 Å². The number of benzene rings is 2. The number of hydrogen-bond acceptors (Lipinski definition) is 8. The standard InChI is InChI=1S/C25H28ClN5O4/c1-13-11-15(5-8-19(13)35-16-9-10-31(3)12-16)28-25-29-22(21(23(27)33)24(30-25)34-4)20-14(2)18(32)7-6-17(20)26/h5-8,11,16,32H,9-10,12H2,1-4H3,(H2,27,33)(H,28,29,30). The molecule has 1 aliphatic heterocycles. The van der Waals surface area contributed by atoms with Gasteiger partial charge in [-0.1, -0.05) is 11.6 Å². The molecule has 10 heteroatoms. The Bertz CT molecular complexity index is 1280. The van der Waals surface area contributed by atoms with Gasteiger partial charge in [0.15, 0.2) is 0 Å². The molecule has 1 saturated heterocycles. The minimum absolute atomic E-state index is 0.00609. The number of halogens is 1. The number of likely N-dealkylation sites (tertiary alicyclic amines) is 1. The first-order valence-corrected chi connectivity index (χ1v) is 11.5. The van der Waals surface area contributed by atoms with Crippen molar-refractivity contribution >= 4 is 29.1 Å². The maximum Gasteiger partial charge on any atom is 0.256 e. The molecule has 0 radical (unpaired) electrons. The second-order valence-corrected chi connectivity index (χ2v) is 9.01. The number of ether oxygens (including phenoxy) is 2. The highest BCUT2D eigenvalue weighted by molar-refractivity contribution is 6.33. The molecule has 184 valence electrons. The molecule has 35 heavy (non-hydrogen) atoms. The van der Waals surface area contributed by atoms with Gasteiger partial charge in [0.2, 0.25) is 11.8 Å². The molecule has 1 unspecified atom stereocenters. The number of nitrogens with zero attached hydrogens (tertiary/aromatic N) is 3. The zero-order chi connectivity index (χ0) is 25.3. The molecule has 1 aliphatic rings. The average Bonchev–Trinajstić information content (AvgIpc) is 3.22. The van der Waals surface area contributed by atoms with Crippen LogP contribution in [0.3, 0.4) is 0 Å². The van der Waals surface area contributed by atoms with E-state index < -0.39 is 5.91 Å². The van der Waals surface area contributed by atoms with Gasteiger partial charge in [-0.15, -0.1) is 0 Å². The van der Waals surface area contributed by atoms with Crippen molar-refractivity contribution in [3.8, 4) is 28.6 Å². The largest absolute Gasteiger partial charge is 0.508 e. The van der Waals surface area contributed by atoms with E-state index in [1.165, 1.54) is 19.2 Å². The van der Waals surface area contributed by atoms with Crippen molar-refractivity contribution in [1.29, 1.82) is 0 Å². The van der Waals surface area contributed by atoms with Crippen LogP contribution < -0.4 is 20.5 Å². The van der Waals surface area contributed by atoms with Crippen molar-refractivity contribution in [3.05, 3.63) is 52.0 Å². The van der Waals surface area contributed by atoms with Gasteiger partial charge in [-0.3, -0.25) is 4.79 Å². The lowest BCUT2D eigenvalue weighted by molar-refractivity contribution is 0.0997. The highest BCUT2D eigenvalue weighted by atomic mass is 35.5. The van der Waals surface area contributed by atoms with Gasteiger partial charge in [-0.2, -0.15) is 4.98 Å². The van der Waals surface area contributed by atoms with Crippen LogP contribution in [0.1, 0.15) is 27.9 Å². The van der Waals surface area contributed by atoms with Gasteiger partial charge in [0.1, 0.15) is 23.2 Å². The number of hydrogen-bond donors (Lipinski definition) is 3. The highest BCUT2D eigenvalue weighted by Crippen LogP contribution is 2.39. The van der Waals surface area contributed by atoms with Crippen LogP contribution in [0.15, 0.2) is 30.3 Å². The Hall–Kier alpha value is -3.56. The number of likely N-dealkylation sites (N-methyl/N-ethyl adjacent to an activating group) is 1. The van der Waals surface area contributed by atoms with E-state index in [0.717, 1.165) is 36.5 Å². The number of phenols is 1. The number of amides is 1. The van der Waals surface area contributed by atoms with Crippen molar-refractivity contribution in [1.82, 2.24) is 14.9 Å². The predicted molar refractivity (Wildman–Crippen MR) is 135 cm³/mol. The summed E-state index contributed by atoms with van der Waals surface area (Å²) in [7, 11) is 3.47. The van der Waals surface area contributed by atoms with E-state index in [1.54, 1.807) is 6.92 Å². The number of primary amides is 1. The molecule has 2 aromatic carbocycles. The van der Waals surface area contributed by atoms with Gasteiger partial charge in [0.25, 0.3) is 5.91 Å². The lowest BCUT2D eigenvalue weighted by Gasteiger charge is -2.18. The third-order valence-corrected chi connectivity index (χ3v) is 6.33. The lowest BCUT2D eigenvalue weighted by Crippen LogP contribution is -2.21. The number of nitrogens with one attached hydrogen (secondary N) is 1. The molecular weight excluding hydrogens is 470 g/mol. The van der Waals surface area contributed by atoms with Crippen molar-refractivity contribution in [2.45, 2.75) is 26.4 Å². The second-order valence-electron chi connectivity index (χ2n) is 8.61. The number of aryl methyl sites for hydroxylation is 1. The van der Waals surface area contributed by atoms with Crippen LogP contribution in [-0.2, 0) is 0 Å². The van der Waals surface area contributed by atoms with Crippen molar-refractivity contribution in [2.24, 2.45) is 5.73 Å². The molecule has 1 fully saturated rings. The Labute approximate surface area is 208 Å². The topological polar surface area (TPSA) is 123 Å².